The van der Waals surface area contributed by atoms with Gasteiger partial charge in [-0.15, -0.1) is 0 Å². The molecule has 0 fully saturated rings. The third-order valence-electron chi connectivity index (χ3n) is 5.43. The minimum atomic E-state index is -3.59. The van der Waals surface area contributed by atoms with Gasteiger partial charge in [-0.2, -0.15) is 0 Å². The fourth-order valence-electron chi connectivity index (χ4n) is 3.82. The largest absolute Gasteiger partial charge is 0.710 e. The average Bonchev–Trinajstić information content (AvgIpc) is 2.83. The van der Waals surface area contributed by atoms with E-state index in [4.69, 9.17) is 9.72 Å². The van der Waals surface area contributed by atoms with Crippen molar-refractivity contribution < 1.29 is 22.7 Å². The molecule has 0 aliphatic rings. The molecule has 9 nitrogen and oxygen atoms in total. The van der Waals surface area contributed by atoms with Gasteiger partial charge in [0.25, 0.3) is 11.7 Å². The quantitative estimate of drug-likeness (QED) is 0.225. The number of aromatic nitrogens is 2. The first-order chi connectivity index (χ1) is 17.2. The van der Waals surface area contributed by atoms with Gasteiger partial charge >= 0.3 is 0 Å². The number of rotatable bonds is 12. The Morgan fingerprint density at radius 2 is 1.67 bits per heavy atom. The minimum absolute atomic E-state index is 0.0413. The molecule has 0 radical (unpaired) electrons. The summed E-state index contributed by atoms with van der Waals surface area (Å²) in [5, 5.41) is 13.8. The van der Waals surface area contributed by atoms with Crippen molar-refractivity contribution in [2.24, 2.45) is 0 Å². The molecule has 0 unspecified atom stereocenters. The van der Waals surface area contributed by atoms with Crippen molar-refractivity contribution in [1.82, 2.24) is 9.71 Å². The summed E-state index contributed by atoms with van der Waals surface area (Å²) in [6, 6.07) is 19.2. The van der Waals surface area contributed by atoms with Crippen LogP contribution < -0.4 is 14.4 Å². The summed E-state index contributed by atoms with van der Waals surface area (Å²) in [5.41, 5.74) is 2.75. The van der Waals surface area contributed by atoms with Gasteiger partial charge in [0.15, 0.2) is 5.69 Å². The Morgan fingerprint density at radius 1 is 1.06 bits per heavy atom. The number of hydrogen-bond acceptors (Lipinski definition) is 7. The highest BCUT2D eigenvalue weighted by Crippen LogP contribution is 2.29. The summed E-state index contributed by atoms with van der Waals surface area (Å²) in [6.45, 7) is 4.58. The molecule has 0 aliphatic carbocycles. The van der Waals surface area contributed by atoms with Gasteiger partial charge in [-0.1, -0.05) is 60.7 Å². The molecule has 10 heteroatoms. The van der Waals surface area contributed by atoms with E-state index in [1.807, 2.05) is 84.1 Å². The fourth-order valence-corrected chi connectivity index (χ4v) is 4.29. The van der Waals surface area contributed by atoms with Crippen LogP contribution in [0.2, 0.25) is 0 Å². The van der Waals surface area contributed by atoms with E-state index in [1.54, 1.807) is 6.20 Å². The number of carbonyl (C=O) groups is 1. The SMILES string of the molecule is CC(C)N(CCCCOCC(=O)NS(C)(=O)=O)c1cnc(-c2ccccc2)c(-c2ccccc2)[n+]1[O-]. The van der Waals surface area contributed by atoms with Crippen LogP contribution in [0, 0.1) is 5.21 Å². The molecule has 0 bridgehead atoms. The predicted molar refractivity (Wildman–Crippen MR) is 140 cm³/mol. The van der Waals surface area contributed by atoms with Crippen LogP contribution in [0.5, 0.6) is 0 Å². The minimum Gasteiger partial charge on any atom is -0.710 e. The first-order valence-electron chi connectivity index (χ1n) is 11.8. The molecule has 1 amide bonds. The monoisotopic (exact) mass is 512 g/mol. The maximum absolute atomic E-state index is 13.8. The molecule has 0 atom stereocenters. The van der Waals surface area contributed by atoms with E-state index in [-0.39, 0.29) is 12.6 Å². The number of amides is 1. The molecule has 1 N–H and O–H groups in total. The maximum atomic E-state index is 13.8. The van der Waals surface area contributed by atoms with Crippen LogP contribution in [0.1, 0.15) is 26.7 Å². The first-order valence-corrected chi connectivity index (χ1v) is 13.6. The van der Waals surface area contributed by atoms with Crippen LogP contribution >= 0.6 is 0 Å². The number of benzene rings is 2. The van der Waals surface area contributed by atoms with Crippen LogP contribution in [-0.4, -0.2) is 51.4 Å². The summed E-state index contributed by atoms with van der Waals surface area (Å²) in [5.74, 6) is -0.247. The second-order valence-corrected chi connectivity index (χ2v) is 10.4. The van der Waals surface area contributed by atoms with E-state index in [9.17, 15) is 18.4 Å². The second kappa shape index (κ2) is 12.5. The highest BCUT2D eigenvalue weighted by atomic mass is 32.2. The summed E-state index contributed by atoms with van der Waals surface area (Å²) in [7, 11) is -3.59. The van der Waals surface area contributed by atoms with E-state index >= 15 is 0 Å². The number of nitrogens with zero attached hydrogens (tertiary/aromatic N) is 3. The van der Waals surface area contributed by atoms with E-state index in [2.05, 4.69) is 0 Å². The Bertz CT molecular complexity index is 1250. The smallest absolute Gasteiger partial charge is 0.299 e. The summed E-state index contributed by atoms with van der Waals surface area (Å²) in [6.07, 6.45) is 3.87. The van der Waals surface area contributed by atoms with Crippen molar-refractivity contribution in [3.63, 3.8) is 0 Å². The number of ether oxygens (including phenoxy) is 1. The third-order valence-corrected chi connectivity index (χ3v) is 6.03. The van der Waals surface area contributed by atoms with Gasteiger partial charge in [-0.05, 0) is 26.7 Å². The number of nitrogens with one attached hydrogen (secondary N) is 1. The van der Waals surface area contributed by atoms with Crippen LogP contribution in [-0.2, 0) is 19.6 Å². The fraction of sp³-hybridized carbons (Fsp3) is 0.346. The van der Waals surface area contributed by atoms with Crippen molar-refractivity contribution in [3.05, 3.63) is 72.1 Å². The average molecular weight is 513 g/mol. The molecule has 192 valence electrons. The summed E-state index contributed by atoms with van der Waals surface area (Å²) < 4.78 is 30.2. The van der Waals surface area contributed by atoms with Gasteiger partial charge in [0.05, 0.1) is 18.8 Å². The lowest BCUT2D eigenvalue weighted by molar-refractivity contribution is -0.580. The van der Waals surface area contributed by atoms with Gasteiger partial charge in [0.1, 0.15) is 18.5 Å². The normalized spacial score (nSPS) is 11.4. The molecule has 0 aliphatic heterocycles. The molecular formula is C26H32N4O5S. The standard InChI is InChI=1S/C26H32N4O5S/c1-20(2)29(16-10-11-17-35-19-23(31)28-36(3,33)34)24-18-27-25(21-12-6-4-7-13-21)26(30(24)32)22-14-8-5-9-15-22/h4-9,12-15,18,20H,10-11,16-17,19H2,1-3H3,(H,28,31). The van der Waals surface area contributed by atoms with E-state index in [1.165, 1.54) is 0 Å². The molecule has 36 heavy (non-hydrogen) atoms. The Balaban J connectivity index is 1.75. The molecule has 3 rings (SSSR count). The van der Waals surface area contributed by atoms with Gasteiger partial charge in [0.2, 0.25) is 10.0 Å². The van der Waals surface area contributed by atoms with E-state index in [0.29, 0.717) is 43.2 Å². The van der Waals surface area contributed by atoms with Crippen molar-refractivity contribution in [2.45, 2.75) is 32.7 Å². The van der Waals surface area contributed by atoms with Crippen LogP contribution in [0.3, 0.4) is 0 Å². The summed E-state index contributed by atoms with van der Waals surface area (Å²) in [4.78, 5) is 18.2. The lowest BCUT2D eigenvalue weighted by Crippen LogP contribution is -2.44. The number of hydrogen-bond donors (Lipinski definition) is 1. The lowest BCUT2D eigenvalue weighted by Gasteiger charge is -2.26. The Kier molecular flexibility index (Phi) is 9.38. The van der Waals surface area contributed by atoms with E-state index in [0.717, 1.165) is 22.1 Å². The molecule has 0 spiro atoms. The summed E-state index contributed by atoms with van der Waals surface area (Å²) >= 11 is 0. The predicted octanol–water partition coefficient (Wildman–Crippen LogP) is 3.14. The van der Waals surface area contributed by atoms with Crippen molar-refractivity contribution in [3.8, 4) is 22.5 Å². The Morgan fingerprint density at radius 3 is 2.25 bits per heavy atom. The maximum Gasteiger partial charge on any atom is 0.299 e. The van der Waals surface area contributed by atoms with Gasteiger partial charge in [-0.3, -0.25) is 14.4 Å². The number of unbranched alkanes of at least 4 members (excludes halogenated alkanes) is 1. The Hall–Kier alpha value is -3.50. The van der Waals surface area contributed by atoms with Crippen molar-refractivity contribution in [1.29, 1.82) is 0 Å². The van der Waals surface area contributed by atoms with Gasteiger partial charge in [0, 0.05) is 17.7 Å². The molecule has 2 aromatic carbocycles. The van der Waals surface area contributed by atoms with Gasteiger partial charge in [-0.25, -0.2) is 18.1 Å². The van der Waals surface area contributed by atoms with Crippen molar-refractivity contribution >= 4 is 21.7 Å². The zero-order chi connectivity index (χ0) is 26.1. The molecule has 3 aromatic rings. The number of carbonyl (C=O) groups excluding carboxylic acids is 1. The highest BCUT2D eigenvalue weighted by molar-refractivity contribution is 7.89. The number of sulfonamides is 1. The van der Waals surface area contributed by atoms with Crippen molar-refractivity contribution in [2.75, 3.05) is 30.9 Å². The highest BCUT2D eigenvalue weighted by Gasteiger charge is 2.25. The zero-order valence-electron chi connectivity index (χ0n) is 20.8. The molecule has 0 saturated heterocycles. The topological polar surface area (TPSA) is 116 Å². The number of anilines is 1. The molecular weight excluding hydrogens is 480 g/mol. The van der Waals surface area contributed by atoms with Crippen LogP contribution in [0.25, 0.3) is 22.5 Å². The van der Waals surface area contributed by atoms with Crippen LogP contribution in [0.4, 0.5) is 5.82 Å². The van der Waals surface area contributed by atoms with E-state index < -0.39 is 15.9 Å². The third kappa shape index (κ3) is 7.50. The zero-order valence-corrected chi connectivity index (χ0v) is 21.6. The lowest BCUT2D eigenvalue weighted by atomic mass is 10.0. The van der Waals surface area contributed by atoms with Crippen LogP contribution in [0.15, 0.2) is 66.9 Å². The second-order valence-electron chi connectivity index (χ2n) is 8.68. The Labute approximate surface area is 212 Å². The molecule has 0 saturated carbocycles. The molecule has 1 heterocycles. The van der Waals surface area contributed by atoms with Gasteiger partial charge < -0.3 is 9.94 Å². The first kappa shape index (κ1) is 27.1. The molecule has 1 aromatic heterocycles.